The Kier molecular flexibility index (Phi) is 9.20. The predicted molar refractivity (Wildman–Crippen MR) is 150 cm³/mol. The second-order valence-corrected chi connectivity index (χ2v) is 11.5. The SMILES string of the molecule is O=C(CC[C@@H]1CN(Cc2ccccc2Cl)CC[C@@H]1N1CCN(c2ccccc2F)CC1)N1CCC(O)CC1. The molecule has 1 N–H and O–H groups in total. The number of aliphatic hydroxyl groups excluding tert-OH is 1. The third kappa shape index (κ3) is 6.68. The van der Waals surface area contributed by atoms with Gasteiger partial charge in [0.05, 0.1) is 11.8 Å². The first kappa shape index (κ1) is 27.4. The van der Waals surface area contributed by atoms with Crippen molar-refractivity contribution in [3.8, 4) is 0 Å². The number of hydrogen-bond acceptors (Lipinski definition) is 5. The van der Waals surface area contributed by atoms with E-state index in [0.29, 0.717) is 50.0 Å². The first-order chi connectivity index (χ1) is 18.5. The van der Waals surface area contributed by atoms with Gasteiger partial charge in [0.2, 0.25) is 5.91 Å². The smallest absolute Gasteiger partial charge is 0.222 e. The number of benzene rings is 2. The maximum absolute atomic E-state index is 14.4. The van der Waals surface area contributed by atoms with E-state index in [4.69, 9.17) is 11.6 Å². The van der Waals surface area contributed by atoms with E-state index in [1.54, 1.807) is 6.07 Å². The van der Waals surface area contributed by atoms with Crippen LogP contribution in [0.2, 0.25) is 5.02 Å². The maximum Gasteiger partial charge on any atom is 0.222 e. The Morgan fingerprint density at radius 1 is 0.921 bits per heavy atom. The highest BCUT2D eigenvalue weighted by molar-refractivity contribution is 6.31. The molecule has 38 heavy (non-hydrogen) atoms. The molecule has 3 aliphatic heterocycles. The summed E-state index contributed by atoms with van der Waals surface area (Å²) in [5.41, 5.74) is 1.84. The van der Waals surface area contributed by atoms with Crippen LogP contribution < -0.4 is 4.90 Å². The summed E-state index contributed by atoms with van der Waals surface area (Å²) < 4.78 is 14.4. The first-order valence-electron chi connectivity index (χ1n) is 14.1. The minimum atomic E-state index is -0.275. The molecule has 0 bridgehead atoms. The van der Waals surface area contributed by atoms with E-state index in [0.717, 1.165) is 69.2 Å². The molecule has 0 radical (unpaired) electrons. The topological polar surface area (TPSA) is 50.3 Å². The van der Waals surface area contributed by atoms with Crippen molar-refractivity contribution in [2.24, 2.45) is 5.92 Å². The third-order valence-corrected chi connectivity index (χ3v) is 9.02. The Hall–Kier alpha value is -2.19. The number of rotatable bonds is 7. The van der Waals surface area contributed by atoms with Crippen molar-refractivity contribution < 1.29 is 14.3 Å². The fourth-order valence-electron chi connectivity index (χ4n) is 6.46. The molecule has 2 aromatic carbocycles. The number of anilines is 1. The van der Waals surface area contributed by atoms with Gasteiger partial charge in [-0.05, 0) is 61.9 Å². The largest absolute Gasteiger partial charge is 0.393 e. The van der Waals surface area contributed by atoms with Gasteiger partial charge >= 0.3 is 0 Å². The molecule has 0 aliphatic carbocycles. The van der Waals surface area contributed by atoms with Crippen LogP contribution in [0.5, 0.6) is 0 Å². The lowest BCUT2D eigenvalue weighted by atomic mass is 9.86. The zero-order valence-corrected chi connectivity index (χ0v) is 22.9. The van der Waals surface area contributed by atoms with Crippen LogP contribution >= 0.6 is 11.6 Å². The standard InChI is InChI=1S/C30H40ClFN4O2/c31-26-6-2-1-5-23(26)21-33-14-13-28(24(22-33)9-10-30(38)36-15-11-25(37)12-16-36)34-17-19-35(20-18-34)29-8-4-3-7-27(29)32/h1-8,24-25,28,37H,9-22H2/t24-,28+/m1/s1. The number of aliphatic hydroxyl groups is 1. The summed E-state index contributed by atoms with van der Waals surface area (Å²) in [7, 11) is 0. The van der Waals surface area contributed by atoms with Gasteiger partial charge in [-0.2, -0.15) is 0 Å². The van der Waals surface area contributed by atoms with Gasteiger partial charge in [0, 0.05) is 69.8 Å². The molecule has 2 atom stereocenters. The molecule has 1 amide bonds. The Labute approximate surface area is 231 Å². The molecule has 6 nitrogen and oxygen atoms in total. The van der Waals surface area contributed by atoms with E-state index >= 15 is 0 Å². The van der Waals surface area contributed by atoms with Crippen LogP contribution in [0.1, 0.15) is 37.7 Å². The number of amides is 1. The summed E-state index contributed by atoms with van der Waals surface area (Å²) in [6, 6.07) is 15.5. The lowest BCUT2D eigenvalue weighted by Crippen LogP contribution is -2.57. The third-order valence-electron chi connectivity index (χ3n) is 8.65. The molecule has 206 valence electrons. The molecule has 0 unspecified atom stereocenters. The van der Waals surface area contributed by atoms with Gasteiger partial charge in [0.25, 0.3) is 0 Å². The zero-order chi connectivity index (χ0) is 26.5. The Balaban J connectivity index is 1.23. The first-order valence-corrected chi connectivity index (χ1v) is 14.5. The van der Waals surface area contributed by atoms with Gasteiger partial charge in [-0.1, -0.05) is 41.9 Å². The number of likely N-dealkylation sites (tertiary alicyclic amines) is 2. The molecular weight excluding hydrogens is 503 g/mol. The predicted octanol–water partition coefficient (Wildman–Crippen LogP) is 4.26. The number of carbonyl (C=O) groups is 1. The van der Waals surface area contributed by atoms with Gasteiger partial charge in [-0.25, -0.2) is 4.39 Å². The number of nitrogens with zero attached hydrogens (tertiary/aromatic N) is 4. The lowest BCUT2D eigenvalue weighted by Gasteiger charge is -2.47. The fourth-order valence-corrected chi connectivity index (χ4v) is 6.65. The highest BCUT2D eigenvalue weighted by atomic mass is 35.5. The molecule has 3 fully saturated rings. The van der Waals surface area contributed by atoms with Crippen molar-refractivity contribution >= 4 is 23.2 Å². The molecule has 2 aromatic rings. The quantitative estimate of drug-likeness (QED) is 0.567. The Morgan fingerprint density at radius 2 is 1.63 bits per heavy atom. The van der Waals surface area contributed by atoms with Crippen molar-refractivity contribution in [2.75, 3.05) is 57.3 Å². The normalized spacial score (nSPS) is 24.1. The molecule has 3 aliphatic rings. The maximum atomic E-state index is 14.4. The summed E-state index contributed by atoms with van der Waals surface area (Å²) in [6.07, 6.45) is 3.54. The fraction of sp³-hybridized carbons (Fsp3) is 0.567. The summed E-state index contributed by atoms with van der Waals surface area (Å²) >= 11 is 6.47. The van der Waals surface area contributed by atoms with E-state index < -0.39 is 0 Å². The summed E-state index contributed by atoms with van der Waals surface area (Å²) in [5, 5.41) is 10.6. The average Bonchev–Trinajstić information content (AvgIpc) is 2.94. The Bertz CT molecular complexity index is 1070. The van der Waals surface area contributed by atoms with Crippen molar-refractivity contribution in [3.05, 3.63) is 64.9 Å². The number of para-hydroxylation sites is 1. The summed E-state index contributed by atoms with van der Waals surface area (Å²) in [4.78, 5) is 22.2. The van der Waals surface area contributed by atoms with E-state index in [1.807, 2.05) is 35.2 Å². The van der Waals surface area contributed by atoms with Crippen LogP contribution in [-0.4, -0.2) is 90.2 Å². The van der Waals surface area contributed by atoms with E-state index in [2.05, 4.69) is 20.8 Å². The van der Waals surface area contributed by atoms with Crippen LogP contribution in [-0.2, 0) is 11.3 Å². The van der Waals surface area contributed by atoms with Crippen molar-refractivity contribution in [2.45, 2.75) is 50.8 Å². The van der Waals surface area contributed by atoms with Gasteiger partial charge in [0.1, 0.15) is 5.82 Å². The van der Waals surface area contributed by atoms with E-state index in [-0.39, 0.29) is 17.8 Å². The van der Waals surface area contributed by atoms with Crippen molar-refractivity contribution in [1.29, 1.82) is 0 Å². The van der Waals surface area contributed by atoms with Gasteiger partial charge in [-0.15, -0.1) is 0 Å². The van der Waals surface area contributed by atoms with Crippen molar-refractivity contribution in [3.63, 3.8) is 0 Å². The number of carbonyl (C=O) groups excluding carboxylic acids is 1. The minimum absolute atomic E-state index is 0.157. The highest BCUT2D eigenvalue weighted by Crippen LogP contribution is 2.30. The van der Waals surface area contributed by atoms with Gasteiger partial charge < -0.3 is 14.9 Å². The number of piperazine rings is 1. The number of halogens is 2. The number of piperidine rings is 2. The highest BCUT2D eigenvalue weighted by Gasteiger charge is 2.35. The van der Waals surface area contributed by atoms with Gasteiger partial charge in [0.15, 0.2) is 0 Å². The van der Waals surface area contributed by atoms with Crippen LogP contribution in [0, 0.1) is 11.7 Å². The molecule has 3 heterocycles. The van der Waals surface area contributed by atoms with Gasteiger partial charge in [-0.3, -0.25) is 14.6 Å². The zero-order valence-electron chi connectivity index (χ0n) is 22.2. The molecule has 0 saturated carbocycles. The van der Waals surface area contributed by atoms with Crippen LogP contribution in [0.25, 0.3) is 0 Å². The minimum Gasteiger partial charge on any atom is -0.393 e. The molecule has 0 aromatic heterocycles. The molecule has 8 heteroatoms. The van der Waals surface area contributed by atoms with Crippen LogP contribution in [0.4, 0.5) is 10.1 Å². The van der Waals surface area contributed by atoms with Crippen LogP contribution in [0.15, 0.2) is 48.5 Å². The Morgan fingerprint density at radius 3 is 2.37 bits per heavy atom. The monoisotopic (exact) mass is 542 g/mol. The van der Waals surface area contributed by atoms with Crippen molar-refractivity contribution in [1.82, 2.24) is 14.7 Å². The van der Waals surface area contributed by atoms with E-state index in [1.165, 1.54) is 6.07 Å². The molecule has 5 rings (SSSR count). The second kappa shape index (κ2) is 12.8. The second-order valence-electron chi connectivity index (χ2n) is 11.1. The molecule has 0 spiro atoms. The number of hydrogen-bond donors (Lipinski definition) is 1. The molecule has 3 saturated heterocycles. The summed E-state index contributed by atoms with van der Waals surface area (Å²) in [5.74, 6) is 0.435. The van der Waals surface area contributed by atoms with E-state index in [9.17, 15) is 14.3 Å². The molecular formula is C30H40ClFN4O2. The van der Waals surface area contributed by atoms with Crippen LogP contribution in [0.3, 0.4) is 0 Å². The average molecular weight is 543 g/mol. The summed E-state index contributed by atoms with van der Waals surface area (Å²) in [6.45, 7) is 7.49. The lowest BCUT2D eigenvalue weighted by molar-refractivity contribution is -0.133.